The van der Waals surface area contributed by atoms with Crippen molar-refractivity contribution in [2.75, 3.05) is 0 Å². The van der Waals surface area contributed by atoms with Gasteiger partial charge in [-0.1, -0.05) is 23.9 Å². The zero-order valence-electron chi connectivity index (χ0n) is 9.21. The standard InChI is InChI=1S/C11H10NO2S.Li/c1-10-4-6-11(7-5-10)15(13,14)12-8-2-3-9-12;/h2-8H,1H3;/q-1;+1. The summed E-state index contributed by atoms with van der Waals surface area (Å²) in [6.07, 6.45) is 4.09. The fourth-order valence-corrected chi connectivity index (χ4v) is 2.39. The average Bonchev–Trinajstić information content (AvgIpc) is 2.71. The molecule has 1 heterocycles. The topological polar surface area (TPSA) is 39.1 Å². The summed E-state index contributed by atoms with van der Waals surface area (Å²) in [7, 11) is -3.45. The van der Waals surface area contributed by atoms with E-state index in [-0.39, 0.29) is 23.8 Å². The van der Waals surface area contributed by atoms with Gasteiger partial charge in [-0.25, -0.2) is 8.42 Å². The van der Waals surface area contributed by atoms with Gasteiger partial charge in [-0.05, 0) is 19.1 Å². The molecule has 5 heteroatoms. The molecule has 1 aromatic carbocycles. The third-order valence-electron chi connectivity index (χ3n) is 2.10. The van der Waals surface area contributed by atoms with Crippen molar-refractivity contribution in [2.45, 2.75) is 11.8 Å². The molecule has 3 nitrogen and oxygen atoms in total. The van der Waals surface area contributed by atoms with E-state index < -0.39 is 10.0 Å². The maximum atomic E-state index is 11.9. The van der Waals surface area contributed by atoms with Gasteiger partial charge < -0.3 is 3.97 Å². The molecule has 0 N–H and O–H groups in total. The number of aryl methyl sites for hydroxylation is 1. The van der Waals surface area contributed by atoms with Gasteiger partial charge in [-0.3, -0.25) is 0 Å². The summed E-state index contributed by atoms with van der Waals surface area (Å²) in [6, 6.07) is 9.93. The van der Waals surface area contributed by atoms with Gasteiger partial charge in [0.1, 0.15) is 0 Å². The van der Waals surface area contributed by atoms with Crippen molar-refractivity contribution in [3.05, 3.63) is 54.4 Å². The van der Waals surface area contributed by atoms with E-state index in [1.807, 2.05) is 6.92 Å². The summed E-state index contributed by atoms with van der Waals surface area (Å²) >= 11 is 0. The van der Waals surface area contributed by atoms with Gasteiger partial charge in [-0.2, -0.15) is 12.1 Å². The SMILES string of the molecule is Cc1ccc(S(=O)(=O)n2[c-]ccc2)cc1.[Li+]. The van der Waals surface area contributed by atoms with Crippen molar-refractivity contribution in [2.24, 2.45) is 0 Å². The van der Waals surface area contributed by atoms with Crippen molar-refractivity contribution in [3.8, 4) is 0 Å². The number of nitrogens with zero attached hydrogens (tertiary/aromatic N) is 1. The van der Waals surface area contributed by atoms with E-state index in [0.717, 1.165) is 9.54 Å². The Balaban J connectivity index is 0.00000128. The number of hydrogen-bond donors (Lipinski definition) is 0. The Morgan fingerprint density at radius 1 is 1.19 bits per heavy atom. The van der Waals surface area contributed by atoms with Crippen LogP contribution in [0.15, 0.2) is 47.5 Å². The largest absolute Gasteiger partial charge is 1.00 e. The Morgan fingerprint density at radius 3 is 2.31 bits per heavy atom. The van der Waals surface area contributed by atoms with Gasteiger partial charge in [0.25, 0.3) is 0 Å². The average molecular weight is 227 g/mol. The van der Waals surface area contributed by atoms with Crippen LogP contribution in [0.3, 0.4) is 0 Å². The molecule has 0 amide bonds. The Morgan fingerprint density at radius 2 is 1.81 bits per heavy atom. The smallest absolute Gasteiger partial charge is 0.368 e. The summed E-state index contributed by atoms with van der Waals surface area (Å²) < 4.78 is 25.0. The molecule has 2 aromatic rings. The maximum absolute atomic E-state index is 11.9. The molecule has 2 rings (SSSR count). The van der Waals surface area contributed by atoms with Crippen molar-refractivity contribution < 1.29 is 27.3 Å². The van der Waals surface area contributed by atoms with Crippen LogP contribution < -0.4 is 18.9 Å². The van der Waals surface area contributed by atoms with Crippen LogP contribution in [0, 0.1) is 13.1 Å². The van der Waals surface area contributed by atoms with Crippen molar-refractivity contribution >= 4 is 10.0 Å². The minimum atomic E-state index is -3.45. The van der Waals surface area contributed by atoms with E-state index in [9.17, 15) is 8.42 Å². The minimum absolute atomic E-state index is 0. The fraction of sp³-hybridized carbons (Fsp3) is 0.0909. The summed E-state index contributed by atoms with van der Waals surface area (Å²) in [4.78, 5) is 0.278. The predicted octanol–water partition coefficient (Wildman–Crippen LogP) is -1.16. The normalized spacial score (nSPS) is 10.8. The summed E-state index contributed by atoms with van der Waals surface area (Å²) in [5.74, 6) is 0. The second-order valence-electron chi connectivity index (χ2n) is 3.25. The van der Waals surface area contributed by atoms with E-state index in [1.54, 1.807) is 36.4 Å². The zero-order chi connectivity index (χ0) is 10.9. The van der Waals surface area contributed by atoms with Crippen LogP contribution in [0.25, 0.3) is 0 Å². The molecule has 0 fully saturated rings. The van der Waals surface area contributed by atoms with Crippen LogP contribution in [0.2, 0.25) is 0 Å². The Labute approximate surface area is 107 Å². The van der Waals surface area contributed by atoms with Crippen LogP contribution in [-0.4, -0.2) is 12.4 Å². The first kappa shape index (κ1) is 13.1. The van der Waals surface area contributed by atoms with E-state index in [2.05, 4.69) is 6.20 Å². The zero-order valence-corrected chi connectivity index (χ0v) is 10.0. The first-order chi connectivity index (χ1) is 7.10. The van der Waals surface area contributed by atoms with E-state index in [1.165, 1.54) is 6.20 Å². The molecule has 1 aromatic heterocycles. The molecule has 0 aliphatic heterocycles. The van der Waals surface area contributed by atoms with Crippen molar-refractivity contribution in [3.63, 3.8) is 0 Å². The molecule has 0 aliphatic carbocycles. The molecular weight excluding hydrogens is 217 g/mol. The molecule has 0 unspecified atom stereocenters. The van der Waals surface area contributed by atoms with Gasteiger partial charge in [-0.15, -0.1) is 6.20 Å². The predicted molar refractivity (Wildman–Crippen MR) is 57.0 cm³/mol. The number of rotatable bonds is 2. The second-order valence-corrected chi connectivity index (χ2v) is 5.07. The summed E-state index contributed by atoms with van der Waals surface area (Å²) in [6.45, 7) is 1.91. The van der Waals surface area contributed by atoms with Gasteiger partial charge in [0, 0.05) is 0 Å². The summed E-state index contributed by atoms with van der Waals surface area (Å²) in [5, 5.41) is 0. The molecule has 0 aliphatic rings. The second kappa shape index (κ2) is 4.92. The molecule has 78 valence electrons. The Bertz CT molecular complexity index is 544. The summed E-state index contributed by atoms with van der Waals surface area (Å²) in [5.41, 5.74) is 1.03. The molecule has 0 bridgehead atoms. The third kappa shape index (κ3) is 2.41. The Hall–Kier alpha value is -0.953. The van der Waals surface area contributed by atoms with Crippen molar-refractivity contribution in [1.29, 1.82) is 0 Å². The van der Waals surface area contributed by atoms with Crippen LogP contribution >= 0.6 is 0 Å². The van der Waals surface area contributed by atoms with E-state index >= 15 is 0 Å². The van der Waals surface area contributed by atoms with Crippen LogP contribution in [0.4, 0.5) is 0 Å². The first-order valence-electron chi connectivity index (χ1n) is 4.48. The maximum Gasteiger partial charge on any atom is 1.00 e. The molecular formula is C11H10LiNO2S. The molecule has 0 saturated carbocycles. The van der Waals surface area contributed by atoms with E-state index in [0.29, 0.717) is 0 Å². The van der Waals surface area contributed by atoms with Gasteiger partial charge in [0.15, 0.2) is 0 Å². The van der Waals surface area contributed by atoms with Crippen LogP contribution in [-0.2, 0) is 10.0 Å². The monoisotopic (exact) mass is 227 g/mol. The van der Waals surface area contributed by atoms with E-state index in [4.69, 9.17) is 0 Å². The number of aromatic nitrogens is 1. The first-order valence-corrected chi connectivity index (χ1v) is 5.92. The third-order valence-corrected chi connectivity index (χ3v) is 3.71. The minimum Gasteiger partial charge on any atom is -0.368 e. The van der Waals surface area contributed by atoms with Gasteiger partial charge >= 0.3 is 18.9 Å². The van der Waals surface area contributed by atoms with Crippen molar-refractivity contribution in [1.82, 2.24) is 3.97 Å². The van der Waals surface area contributed by atoms with Gasteiger partial charge in [0.05, 0.1) is 4.90 Å². The van der Waals surface area contributed by atoms with Crippen LogP contribution in [0.5, 0.6) is 0 Å². The molecule has 0 atom stereocenters. The fourth-order valence-electron chi connectivity index (χ4n) is 1.25. The molecule has 0 spiro atoms. The molecule has 16 heavy (non-hydrogen) atoms. The number of hydrogen-bond acceptors (Lipinski definition) is 2. The molecule has 0 radical (unpaired) electrons. The Kier molecular flexibility index (Phi) is 4.03. The quantitative estimate of drug-likeness (QED) is 0.479. The van der Waals surface area contributed by atoms with Gasteiger partial charge in [0.2, 0.25) is 10.0 Å². The van der Waals surface area contributed by atoms with Crippen LogP contribution in [0.1, 0.15) is 5.56 Å². The number of benzene rings is 1. The molecule has 0 saturated heterocycles.